The quantitative estimate of drug-likeness (QED) is 0.753. The number of hydrogen-bond donors (Lipinski definition) is 1. The van der Waals surface area contributed by atoms with Crippen LogP contribution in [0.3, 0.4) is 0 Å². The van der Waals surface area contributed by atoms with E-state index in [0.29, 0.717) is 28.7 Å². The van der Waals surface area contributed by atoms with Gasteiger partial charge < -0.3 is 29.0 Å². The van der Waals surface area contributed by atoms with E-state index >= 15 is 0 Å². The van der Waals surface area contributed by atoms with Crippen molar-refractivity contribution in [1.82, 2.24) is 5.32 Å². The van der Waals surface area contributed by atoms with Crippen molar-refractivity contribution in [3.8, 4) is 40.6 Å². The molecule has 1 N–H and O–H groups in total. The largest absolute Gasteiger partial charge is 0.493 e. The minimum atomic E-state index is -0.271. The van der Waals surface area contributed by atoms with Crippen LogP contribution < -0.4 is 29.0 Å². The van der Waals surface area contributed by atoms with Gasteiger partial charge in [-0.2, -0.15) is 0 Å². The number of methoxy groups -OCH3 is 1. The maximum absolute atomic E-state index is 11.8. The number of carbonyl (C=O) groups is 1. The Morgan fingerprint density at radius 3 is 2.74 bits per heavy atom. The highest BCUT2D eigenvalue weighted by molar-refractivity contribution is 5.77. The topological polar surface area (TPSA) is 75.3 Å². The van der Waals surface area contributed by atoms with Crippen molar-refractivity contribution in [2.24, 2.45) is 0 Å². The second kappa shape index (κ2) is 9.25. The van der Waals surface area contributed by atoms with Gasteiger partial charge in [-0.1, -0.05) is 24.0 Å². The summed E-state index contributed by atoms with van der Waals surface area (Å²) in [4.78, 5) is 11.8. The van der Waals surface area contributed by atoms with Crippen LogP contribution in [0, 0.1) is 11.8 Å². The van der Waals surface area contributed by atoms with E-state index in [4.69, 9.17) is 23.7 Å². The zero-order chi connectivity index (χ0) is 18.9. The highest BCUT2D eigenvalue weighted by Gasteiger charge is 2.13. The van der Waals surface area contributed by atoms with Gasteiger partial charge >= 0.3 is 0 Å². The molecule has 1 amide bonds. The van der Waals surface area contributed by atoms with E-state index in [2.05, 4.69) is 17.2 Å². The molecule has 2 aromatic rings. The summed E-state index contributed by atoms with van der Waals surface area (Å²) < 4.78 is 26.6. The molecule has 0 aromatic heterocycles. The number of rotatable bonds is 7. The number of para-hydroxylation sites is 2. The van der Waals surface area contributed by atoms with E-state index in [1.807, 2.05) is 6.07 Å². The van der Waals surface area contributed by atoms with Gasteiger partial charge in [0.2, 0.25) is 6.79 Å². The molecule has 0 unspecified atom stereocenters. The molecule has 1 aliphatic rings. The second-order valence-electron chi connectivity index (χ2n) is 5.37. The summed E-state index contributed by atoms with van der Waals surface area (Å²) in [6.45, 7) is 0.515. The van der Waals surface area contributed by atoms with Crippen molar-refractivity contribution in [2.45, 2.75) is 0 Å². The van der Waals surface area contributed by atoms with E-state index in [1.54, 1.807) is 43.5 Å². The Bertz CT molecular complexity index is 855. The van der Waals surface area contributed by atoms with Crippen LogP contribution in [-0.4, -0.2) is 39.6 Å². The zero-order valence-electron chi connectivity index (χ0n) is 14.8. The van der Waals surface area contributed by atoms with Gasteiger partial charge in [0.05, 0.1) is 13.7 Å². The van der Waals surface area contributed by atoms with Crippen molar-refractivity contribution in [1.29, 1.82) is 0 Å². The summed E-state index contributed by atoms with van der Waals surface area (Å²) in [5.41, 5.74) is 0. The van der Waals surface area contributed by atoms with Gasteiger partial charge in [-0.3, -0.25) is 4.79 Å². The Morgan fingerprint density at radius 1 is 1.07 bits per heavy atom. The fourth-order valence-electron chi connectivity index (χ4n) is 2.27. The van der Waals surface area contributed by atoms with Gasteiger partial charge in [0.1, 0.15) is 12.4 Å². The van der Waals surface area contributed by atoms with Crippen LogP contribution in [0.4, 0.5) is 0 Å². The van der Waals surface area contributed by atoms with Crippen molar-refractivity contribution >= 4 is 5.91 Å². The van der Waals surface area contributed by atoms with E-state index in [9.17, 15) is 4.79 Å². The molecule has 1 heterocycles. The number of fused-ring (bicyclic) bond motifs is 1. The fourth-order valence-corrected chi connectivity index (χ4v) is 2.27. The second-order valence-corrected chi connectivity index (χ2v) is 5.37. The predicted molar refractivity (Wildman–Crippen MR) is 97.3 cm³/mol. The van der Waals surface area contributed by atoms with Crippen molar-refractivity contribution in [3.05, 3.63) is 42.5 Å². The van der Waals surface area contributed by atoms with Crippen molar-refractivity contribution < 1.29 is 28.5 Å². The molecule has 0 bridgehead atoms. The Kier molecular flexibility index (Phi) is 6.26. The zero-order valence-corrected chi connectivity index (χ0v) is 14.8. The molecule has 0 saturated carbocycles. The number of ether oxygens (including phenoxy) is 5. The predicted octanol–water partition coefficient (Wildman–Crippen LogP) is 2.00. The average Bonchev–Trinajstić information content (AvgIpc) is 3.17. The van der Waals surface area contributed by atoms with Crippen LogP contribution >= 0.6 is 0 Å². The minimum absolute atomic E-state index is 0.115. The standard InChI is InChI=1S/C20H19NO6/c1-23-16-6-2-3-7-17(16)25-13-20(22)21-10-4-5-11-24-15-8-9-18-19(12-15)27-14-26-18/h2-3,6-9,12H,10-11,13-14H2,1H3,(H,21,22). The van der Waals surface area contributed by atoms with Crippen LogP contribution in [0.5, 0.6) is 28.7 Å². The number of benzene rings is 2. The lowest BCUT2D eigenvalue weighted by molar-refractivity contribution is -0.122. The summed E-state index contributed by atoms with van der Waals surface area (Å²) in [5, 5.41) is 2.65. The third-order valence-electron chi connectivity index (χ3n) is 3.58. The number of carbonyl (C=O) groups excluding carboxylic acids is 1. The average molecular weight is 369 g/mol. The van der Waals surface area contributed by atoms with Gasteiger partial charge in [0, 0.05) is 6.07 Å². The summed E-state index contributed by atoms with van der Waals surface area (Å²) in [6, 6.07) is 12.5. The summed E-state index contributed by atoms with van der Waals surface area (Å²) >= 11 is 0. The van der Waals surface area contributed by atoms with Crippen molar-refractivity contribution in [2.75, 3.05) is 33.7 Å². The molecule has 7 heteroatoms. The van der Waals surface area contributed by atoms with Crippen LogP contribution in [0.25, 0.3) is 0 Å². The van der Waals surface area contributed by atoms with Crippen LogP contribution in [0.2, 0.25) is 0 Å². The molecule has 27 heavy (non-hydrogen) atoms. The van der Waals surface area contributed by atoms with E-state index in [1.165, 1.54) is 0 Å². The van der Waals surface area contributed by atoms with Crippen LogP contribution in [0.1, 0.15) is 0 Å². The van der Waals surface area contributed by atoms with E-state index < -0.39 is 0 Å². The first-order chi connectivity index (χ1) is 13.3. The molecule has 1 aliphatic heterocycles. The number of hydrogen-bond acceptors (Lipinski definition) is 6. The maximum Gasteiger partial charge on any atom is 0.258 e. The van der Waals surface area contributed by atoms with Gasteiger partial charge in [0.25, 0.3) is 5.91 Å². The molecule has 140 valence electrons. The fraction of sp³-hybridized carbons (Fsp3) is 0.250. The lowest BCUT2D eigenvalue weighted by Gasteiger charge is -2.09. The Hall–Kier alpha value is -3.53. The molecule has 0 spiro atoms. The Labute approximate surface area is 157 Å². The molecule has 0 saturated heterocycles. The first kappa shape index (κ1) is 18.3. The van der Waals surface area contributed by atoms with Crippen LogP contribution in [-0.2, 0) is 4.79 Å². The SMILES string of the molecule is COc1ccccc1OCC(=O)NCC#CCOc1ccc2c(c1)OCO2. The van der Waals surface area contributed by atoms with Gasteiger partial charge in [-0.15, -0.1) is 0 Å². The maximum atomic E-state index is 11.8. The summed E-state index contributed by atoms with van der Waals surface area (Å²) in [6.07, 6.45) is 0. The molecule has 0 radical (unpaired) electrons. The highest BCUT2D eigenvalue weighted by Crippen LogP contribution is 2.34. The molecule has 3 rings (SSSR count). The molecule has 0 atom stereocenters. The van der Waals surface area contributed by atoms with Gasteiger partial charge in [-0.05, 0) is 24.3 Å². The Balaban J connectivity index is 1.34. The monoisotopic (exact) mass is 369 g/mol. The molecule has 0 fully saturated rings. The molecule has 2 aromatic carbocycles. The summed E-state index contributed by atoms with van der Waals surface area (Å²) in [5.74, 6) is 8.46. The highest BCUT2D eigenvalue weighted by atomic mass is 16.7. The molecule has 0 aliphatic carbocycles. The number of nitrogens with one attached hydrogen (secondary N) is 1. The third kappa shape index (κ3) is 5.22. The smallest absolute Gasteiger partial charge is 0.258 e. The first-order valence-corrected chi connectivity index (χ1v) is 8.27. The lowest BCUT2D eigenvalue weighted by atomic mass is 10.3. The normalized spacial score (nSPS) is 11.1. The third-order valence-corrected chi connectivity index (χ3v) is 3.58. The molecular weight excluding hydrogens is 350 g/mol. The minimum Gasteiger partial charge on any atom is -0.493 e. The Morgan fingerprint density at radius 2 is 1.89 bits per heavy atom. The van der Waals surface area contributed by atoms with E-state index in [-0.39, 0.29) is 32.5 Å². The van der Waals surface area contributed by atoms with Gasteiger partial charge in [-0.25, -0.2) is 0 Å². The molecule has 7 nitrogen and oxygen atoms in total. The lowest BCUT2D eigenvalue weighted by Crippen LogP contribution is -2.29. The molecular formula is C20H19NO6. The first-order valence-electron chi connectivity index (χ1n) is 8.27. The number of amides is 1. The van der Waals surface area contributed by atoms with Gasteiger partial charge in [0.15, 0.2) is 29.6 Å². The van der Waals surface area contributed by atoms with E-state index in [0.717, 1.165) is 0 Å². The summed E-state index contributed by atoms with van der Waals surface area (Å²) in [7, 11) is 1.55. The van der Waals surface area contributed by atoms with Crippen LogP contribution in [0.15, 0.2) is 42.5 Å². The van der Waals surface area contributed by atoms with Crippen molar-refractivity contribution in [3.63, 3.8) is 0 Å².